The number of halogens is 1. The Morgan fingerprint density at radius 2 is 1.80 bits per heavy atom. The van der Waals surface area contributed by atoms with Crippen molar-refractivity contribution in [3.05, 3.63) is 77.5 Å². The molecular weight excluding hydrogens is 356 g/mol. The van der Waals surface area contributed by atoms with Crippen molar-refractivity contribution in [2.24, 2.45) is 0 Å². The fourth-order valence-electron chi connectivity index (χ4n) is 2.92. The first-order valence-electron chi connectivity index (χ1n) is 8.29. The maximum atomic E-state index is 12.6. The Hall–Kier alpha value is -1.82. The second kappa shape index (κ2) is 8.04. The fraction of sp³-hybridized carbons (Fsp3) is 0.263. The van der Waals surface area contributed by atoms with Crippen LogP contribution in [-0.4, -0.2) is 26.4 Å². The number of hydrogen-bond acceptors (Lipinski definition) is 3. The van der Waals surface area contributed by atoms with E-state index in [0.717, 1.165) is 24.9 Å². The third-order valence-electron chi connectivity index (χ3n) is 4.26. The van der Waals surface area contributed by atoms with Gasteiger partial charge in [-0.1, -0.05) is 48.0 Å². The normalized spacial score (nSPS) is 16.0. The van der Waals surface area contributed by atoms with Crippen LogP contribution in [0.1, 0.15) is 24.4 Å². The highest BCUT2D eigenvalue weighted by Crippen LogP contribution is 2.24. The topological polar surface area (TPSA) is 49.4 Å². The molecule has 25 heavy (non-hydrogen) atoms. The quantitative estimate of drug-likeness (QED) is 0.829. The summed E-state index contributed by atoms with van der Waals surface area (Å²) in [6.45, 7) is 1.22. The van der Waals surface area contributed by atoms with Gasteiger partial charge in [0.25, 0.3) is 0 Å². The molecular formula is C19H21ClN2O2S. The van der Waals surface area contributed by atoms with Crippen molar-refractivity contribution in [3.63, 3.8) is 0 Å². The lowest BCUT2D eigenvalue weighted by molar-refractivity contribution is 0.266. The molecule has 0 fully saturated rings. The Labute approximate surface area is 154 Å². The second-order valence-corrected chi connectivity index (χ2v) is 8.20. The maximum Gasteiger partial charge on any atom is 0.240 e. The average molecular weight is 377 g/mol. The molecule has 1 heterocycles. The van der Waals surface area contributed by atoms with Crippen molar-refractivity contribution in [2.45, 2.75) is 23.8 Å². The van der Waals surface area contributed by atoms with Gasteiger partial charge in [0.15, 0.2) is 0 Å². The molecule has 0 radical (unpaired) electrons. The van der Waals surface area contributed by atoms with Crippen molar-refractivity contribution >= 4 is 21.6 Å². The van der Waals surface area contributed by atoms with Crippen LogP contribution in [0.4, 0.5) is 0 Å². The molecule has 0 saturated carbocycles. The van der Waals surface area contributed by atoms with Gasteiger partial charge in [-0.3, -0.25) is 0 Å². The smallest absolute Gasteiger partial charge is 0.240 e. The molecule has 132 valence electrons. The Balaban J connectivity index is 1.79. The van der Waals surface area contributed by atoms with Crippen molar-refractivity contribution in [1.82, 2.24) is 9.62 Å². The minimum absolute atomic E-state index is 0.0418. The van der Waals surface area contributed by atoms with Crippen LogP contribution in [0.15, 0.2) is 71.8 Å². The summed E-state index contributed by atoms with van der Waals surface area (Å²) in [7, 11) is -3.58. The summed E-state index contributed by atoms with van der Waals surface area (Å²) in [4.78, 5) is 2.42. The van der Waals surface area contributed by atoms with E-state index < -0.39 is 10.0 Å². The highest BCUT2D eigenvalue weighted by Gasteiger charge is 2.22. The van der Waals surface area contributed by atoms with E-state index in [1.54, 1.807) is 12.1 Å². The van der Waals surface area contributed by atoms with Gasteiger partial charge in [0, 0.05) is 18.1 Å². The van der Waals surface area contributed by atoms with Gasteiger partial charge in [0.1, 0.15) is 0 Å². The lowest BCUT2D eigenvalue weighted by Gasteiger charge is -2.33. The molecule has 0 spiro atoms. The summed E-state index contributed by atoms with van der Waals surface area (Å²) < 4.78 is 27.9. The standard InChI is InChI=1S/C19H21ClN2O2S/c20-17-9-11-18(12-10-17)25(23,24)21-15-19(16-7-3-1-4-8-16)22-13-5-2-6-14-22/h1,3-5,7-13,19,21H,2,6,14-15H2. The molecule has 0 aliphatic carbocycles. The molecule has 1 aliphatic rings. The van der Waals surface area contributed by atoms with Gasteiger partial charge in [-0.15, -0.1) is 0 Å². The number of sulfonamides is 1. The van der Waals surface area contributed by atoms with Gasteiger partial charge in [-0.05, 0) is 48.9 Å². The van der Waals surface area contributed by atoms with Gasteiger partial charge >= 0.3 is 0 Å². The summed E-state index contributed by atoms with van der Waals surface area (Å²) in [6.07, 6.45) is 6.34. The van der Waals surface area contributed by atoms with E-state index in [1.807, 2.05) is 30.3 Å². The van der Waals surface area contributed by atoms with E-state index in [-0.39, 0.29) is 10.9 Å². The Bertz CT molecular complexity index is 820. The molecule has 3 rings (SSSR count). The number of hydrogen-bond donors (Lipinski definition) is 1. The minimum Gasteiger partial charge on any atom is -0.369 e. The third-order valence-corrected chi connectivity index (χ3v) is 5.95. The van der Waals surface area contributed by atoms with Crippen molar-refractivity contribution in [2.75, 3.05) is 13.1 Å². The van der Waals surface area contributed by atoms with E-state index in [0.29, 0.717) is 11.6 Å². The zero-order valence-electron chi connectivity index (χ0n) is 13.8. The van der Waals surface area contributed by atoms with Crippen LogP contribution in [0, 0.1) is 0 Å². The molecule has 2 aromatic carbocycles. The van der Waals surface area contributed by atoms with Gasteiger partial charge in [0.2, 0.25) is 10.0 Å². The van der Waals surface area contributed by atoms with Crippen LogP contribution in [-0.2, 0) is 10.0 Å². The highest BCUT2D eigenvalue weighted by atomic mass is 35.5. The third kappa shape index (κ3) is 4.63. The summed E-state index contributed by atoms with van der Waals surface area (Å²) in [5.41, 5.74) is 1.09. The van der Waals surface area contributed by atoms with Crippen LogP contribution in [0.2, 0.25) is 5.02 Å². The zero-order valence-corrected chi connectivity index (χ0v) is 15.4. The summed E-state index contributed by atoms with van der Waals surface area (Å²) >= 11 is 5.84. The predicted octanol–water partition coefficient (Wildman–Crippen LogP) is 3.97. The number of allylic oxidation sites excluding steroid dienone is 1. The lowest BCUT2D eigenvalue weighted by atomic mass is 10.0. The fourth-order valence-corrected chi connectivity index (χ4v) is 4.09. The Morgan fingerprint density at radius 3 is 2.44 bits per heavy atom. The van der Waals surface area contributed by atoms with Crippen LogP contribution >= 0.6 is 11.6 Å². The van der Waals surface area contributed by atoms with Gasteiger partial charge in [-0.25, -0.2) is 13.1 Å². The molecule has 1 N–H and O–H groups in total. The van der Waals surface area contributed by atoms with Gasteiger partial charge in [-0.2, -0.15) is 0 Å². The van der Waals surface area contributed by atoms with Crippen LogP contribution < -0.4 is 4.72 Å². The number of nitrogens with zero attached hydrogens (tertiary/aromatic N) is 1. The van der Waals surface area contributed by atoms with Gasteiger partial charge in [0.05, 0.1) is 10.9 Å². The second-order valence-electron chi connectivity index (χ2n) is 6.00. The molecule has 0 saturated heterocycles. The van der Waals surface area contributed by atoms with Crippen LogP contribution in [0.25, 0.3) is 0 Å². The number of rotatable bonds is 6. The monoisotopic (exact) mass is 376 g/mol. The predicted molar refractivity (Wildman–Crippen MR) is 101 cm³/mol. The van der Waals surface area contributed by atoms with Gasteiger partial charge < -0.3 is 4.90 Å². The SMILES string of the molecule is O=S(=O)(NCC(c1ccccc1)N1C=CCCC1)c1ccc(Cl)cc1. The molecule has 1 unspecified atom stereocenters. The maximum absolute atomic E-state index is 12.6. The van der Waals surface area contributed by atoms with Crippen molar-refractivity contribution in [1.29, 1.82) is 0 Å². The van der Waals surface area contributed by atoms with Crippen molar-refractivity contribution in [3.8, 4) is 0 Å². The minimum atomic E-state index is -3.58. The molecule has 2 aromatic rings. The Kier molecular flexibility index (Phi) is 5.78. The van der Waals surface area contributed by atoms with Crippen molar-refractivity contribution < 1.29 is 8.42 Å². The number of nitrogens with one attached hydrogen (secondary N) is 1. The summed E-state index contributed by atoms with van der Waals surface area (Å²) in [6, 6.07) is 16.1. The largest absolute Gasteiger partial charge is 0.369 e. The average Bonchev–Trinajstić information content (AvgIpc) is 2.64. The molecule has 0 amide bonds. The van der Waals surface area contributed by atoms with E-state index in [4.69, 9.17) is 11.6 Å². The molecule has 1 aliphatic heterocycles. The molecule has 1 atom stereocenters. The van der Waals surface area contributed by atoms with E-state index >= 15 is 0 Å². The van der Waals surface area contributed by atoms with Crippen LogP contribution in [0.3, 0.4) is 0 Å². The lowest BCUT2D eigenvalue weighted by Crippen LogP contribution is -2.36. The number of benzene rings is 2. The van der Waals surface area contributed by atoms with E-state index in [9.17, 15) is 8.42 Å². The first kappa shape index (κ1) is 18.0. The molecule has 0 bridgehead atoms. The van der Waals surface area contributed by atoms with Crippen LogP contribution in [0.5, 0.6) is 0 Å². The van der Waals surface area contributed by atoms with E-state index in [2.05, 4.69) is 21.9 Å². The zero-order chi connectivity index (χ0) is 17.7. The first-order chi connectivity index (χ1) is 12.1. The Morgan fingerprint density at radius 1 is 1.08 bits per heavy atom. The summed E-state index contributed by atoms with van der Waals surface area (Å²) in [5.74, 6) is 0. The summed E-state index contributed by atoms with van der Waals surface area (Å²) in [5, 5.41) is 0.513. The molecule has 6 heteroatoms. The van der Waals surface area contributed by atoms with E-state index in [1.165, 1.54) is 12.1 Å². The molecule has 4 nitrogen and oxygen atoms in total. The highest BCUT2D eigenvalue weighted by molar-refractivity contribution is 7.89. The first-order valence-corrected chi connectivity index (χ1v) is 10.1. The molecule has 0 aromatic heterocycles.